The van der Waals surface area contributed by atoms with Crippen LogP contribution in [0, 0.1) is 0 Å². The normalized spacial score (nSPS) is 22.0. The van der Waals surface area contributed by atoms with E-state index in [4.69, 9.17) is 4.74 Å². The molecular weight excluding hydrogens is 312 g/mol. The number of carbonyl (C=O) groups is 1. The van der Waals surface area contributed by atoms with Gasteiger partial charge in [0.2, 0.25) is 5.91 Å². The van der Waals surface area contributed by atoms with Crippen molar-refractivity contribution < 1.29 is 9.53 Å². The Morgan fingerprint density at radius 2 is 1.76 bits per heavy atom. The second kappa shape index (κ2) is 9.23. The third-order valence-corrected chi connectivity index (χ3v) is 5.69. The number of methoxy groups -OCH3 is 1. The molecule has 1 amide bonds. The first kappa shape index (κ1) is 18.2. The molecule has 2 saturated heterocycles. The number of carbonyl (C=O) groups excluding carboxylic acids is 1. The molecule has 2 fully saturated rings. The van der Waals surface area contributed by atoms with E-state index in [1.165, 1.54) is 45.2 Å². The molecular formula is C21H32N2O2. The maximum atomic E-state index is 12.9. The molecule has 2 aliphatic heterocycles. The number of likely N-dealkylation sites (tertiary alicyclic amines) is 2. The van der Waals surface area contributed by atoms with Gasteiger partial charge in [-0.15, -0.1) is 0 Å². The molecule has 0 aliphatic carbocycles. The minimum absolute atomic E-state index is 0.286. The Morgan fingerprint density at radius 1 is 1.04 bits per heavy atom. The van der Waals surface area contributed by atoms with E-state index in [0.717, 1.165) is 37.2 Å². The maximum absolute atomic E-state index is 12.9. The topological polar surface area (TPSA) is 32.8 Å². The van der Waals surface area contributed by atoms with E-state index < -0.39 is 0 Å². The van der Waals surface area contributed by atoms with Crippen LogP contribution in [0.4, 0.5) is 0 Å². The monoisotopic (exact) mass is 344 g/mol. The third kappa shape index (κ3) is 5.21. The van der Waals surface area contributed by atoms with Crippen molar-refractivity contribution in [1.82, 2.24) is 9.80 Å². The first-order valence-electron chi connectivity index (χ1n) is 9.91. The van der Waals surface area contributed by atoms with Crippen molar-refractivity contribution in [2.45, 2.75) is 57.4 Å². The van der Waals surface area contributed by atoms with E-state index in [1.807, 2.05) is 24.3 Å². The second-order valence-electron chi connectivity index (χ2n) is 7.45. The highest BCUT2D eigenvalue weighted by atomic mass is 16.5. The first-order valence-corrected chi connectivity index (χ1v) is 9.91. The molecule has 1 aromatic rings. The summed E-state index contributed by atoms with van der Waals surface area (Å²) in [5.74, 6) is 1.13. The largest absolute Gasteiger partial charge is 0.497 e. The lowest BCUT2D eigenvalue weighted by Crippen LogP contribution is -2.46. The lowest BCUT2D eigenvalue weighted by molar-refractivity contribution is -0.134. The summed E-state index contributed by atoms with van der Waals surface area (Å²) in [5.41, 5.74) is 1.08. The van der Waals surface area contributed by atoms with Gasteiger partial charge >= 0.3 is 0 Å². The lowest BCUT2D eigenvalue weighted by Gasteiger charge is -2.37. The summed E-state index contributed by atoms with van der Waals surface area (Å²) in [6.07, 6.45) is 9.27. The summed E-state index contributed by atoms with van der Waals surface area (Å²) in [7, 11) is 1.67. The van der Waals surface area contributed by atoms with Crippen molar-refractivity contribution in [2.24, 2.45) is 0 Å². The number of benzene rings is 1. The molecule has 1 unspecified atom stereocenters. The van der Waals surface area contributed by atoms with Gasteiger partial charge in [-0.1, -0.05) is 18.6 Å². The second-order valence-corrected chi connectivity index (χ2v) is 7.45. The van der Waals surface area contributed by atoms with Crippen LogP contribution < -0.4 is 4.74 Å². The molecule has 1 aromatic carbocycles. The lowest BCUT2D eigenvalue weighted by atomic mass is 9.97. The SMILES string of the molecule is COc1ccc(CC(=O)N2CCCCC2CCN2CCCCC2)cc1. The summed E-state index contributed by atoms with van der Waals surface area (Å²) in [6, 6.07) is 8.31. The van der Waals surface area contributed by atoms with Gasteiger partial charge in [-0.3, -0.25) is 4.79 Å². The molecule has 0 spiro atoms. The van der Waals surface area contributed by atoms with Crippen molar-refractivity contribution >= 4 is 5.91 Å². The summed E-state index contributed by atoms with van der Waals surface area (Å²) in [5, 5.41) is 0. The van der Waals surface area contributed by atoms with Gasteiger partial charge in [0.25, 0.3) is 0 Å². The molecule has 0 saturated carbocycles. The highest BCUT2D eigenvalue weighted by molar-refractivity contribution is 5.79. The van der Waals surface area contributed by atoms with Crippen molar-refractivity contribution in [2.75, 3.05) is 33.3 Å². The number of hydrogen-bond acceptors (Lipinski definition) is 3. The number of rotatable bonds is 6. The fourth-order valence-electron chi connectivity index (χ4n) is 4.16. The van der Waals surface area contributed by atoms with E-state index in [1.54, 1.807) is 7.11 Å². The van der Waals surface area contributed by atoms with E-state index in [0.29, 0.717) is 12.5 Å². The van der Waals surface area contributed by atoms with Crippen molar-refractivity contribution in [1.29, 1.82) is 0 Å². The highest BCUT2D eigenvalue weighted by Crippen LogP contribution is 2.22. The third-order valence-electron chi connectivity index (χ3n) is 5.69. The van der Waals surface area contributed by atoms with Crippen LogP contribution in [0.5, 0.6) is 5.75 Å². The Bertz CT molecular complexity index is 537. The summed E-state index contributed by atoms with van der Waals surface area (Å²) in [6.45, 7) is 4.57. The Labute approximate surface area is 152 Å². The molecule has 2 aliphatic rings. The zero-order chi connectivity index (χ0) is 17.5. The fraction of sp³-hybridized carbons (Fsp3) is 0.667. The number of piperidine rings is 2. The minimum Gasteiger partial charge on any atom is -0.497 e. The molecule has 3 rings (SSSR count). The van der Waals surface area contributed by atoms with Crippen molar-refractivity contribution in [3.05, 3.63) is 29.8 Å². The molecule has 1 atom stereocenters. The molecule has 0 bridgehead atoms. The van der Waals surface area contributed by atoms with E-state index >= 15 is 0 Å². The molecule has 2 heterocycles. The Balaban J connectivity index is 1.54. The predicted octanol–water partition coefficient (Wildman–Crippen LogP) is 3.49. The van der Waals surface area contributed by atoms with Crippen LogP contribution in [0.2, 0.25) is 0 Å². The number of ether oxygens (including phenoxy) is 1. The van der Waals surface area contributed by atoms with Crippen LogP contribution in [0.3, 0.4) is 0 Å². The molecule has 0 radical (unpaired) electrons. The smallest absolute Gasteiger partial charge is 0.227 e. The van der Waals surface area contributed by atoms with Crippen LogP contribution in [0.15, 0.2) is 24.3 Å². The zero-order valence-corrected chi connectivity index (χ0v) is 15.6. The van der Waals surface area contributed by atoms with Crippen LogP contribution in [-0.2, 0) is 11.2 Å². The van der Waals surface area contributed by atoms with E-state index in [-0.39, 0.29) is 5.91 Å². The Hall–Kier alpha value is -1.55. The van der Waals surface area contributed by atoms with Crippen LogP contribution in [0.25, 0.3) is 0 Å². The molecule has 25 heavy (non-hydrogen) atoms. The van der Waals surface area contributed by atoms with Gasteiger partial charge in [0, 0.05) is 19.1 Å². The van der Waals surface area contributed by atoms with E-state index in [9.17, 15) is 4.79 Å². The van der Waals surface area contributed by atoms with Gasteiger partial charge in [0.05, 0.1) is 13.5 Å². The standard InChI is InChI=1S/C21H32N2O2/c1-25-20-10-8-18(9-11-20)17-21(24)23-15-6-3-7-19(23)12-16-22-13-4-2-5-14-22/h8-11,19H,2-7,12-17H2,1H3. The minimum atomic E-state index is 0.286. The fourth-order valence-corrected chi connectivity index (χ4v) is 4.16. The summed E-state index contributed by atoms with van der Waals surface area (Å²) in [4.78, 5) is 17.6. The maximum Gasteiger partial charge on any atom is 0.227 e. The summed E-state index contributed by atoms with van der Waals surface area (Å²) >= 11 is 0. The van der Waals surface area contributed by atoms with Crippen LogP contribution in [0.1, 0.15) is 50.5 Å². The van der Waals surface area contributed by atoms with E-state index in [2.05, 4.69) is 9.80 Å². The Kier molecular flexibility index (Phi) is 6.74. The predicted molar refractivity (Wildman–Crippen MR) is 101 cm³/mol. The molecule has 0 N–H and O–H groups in total. The molecule has 4 heteroatoms. The highest BCUT2D eigenvalue weighted by Gasteiger charge is 2.27. The number of nitrogens with zero attached hydrogens (tertiary/aromatic N) is 2. The average molecular weight is 344 g/mol. The molecule has 138 valence electrons. The van der Waals surface area contributed by atoms with Gasteiger partial charge in [-0.2, -0.15) is 0 Å². The van der Waals surface area contributed by atoms with Gasteiger partial charge in [0.15, 0.2) is 0 Å². The van der Waals surface area contributed by atoms with Crippen LogP contribution in [-0.4, -0.2) is 55.0 Å². The van der Waals surface area contributed by atoms with Crippen LogP contribution >= 0.6 is 0 Å². The molecule has 4 nitrogen and oxygen atoms in total. The van der Waals surface area contributed by atoms with Crippen molar-refractivity contribution in [3.8, 4) is 5.75 Å². The first-order chi connectivity index (χ1) is 12.3. The van der Waals surface area contributed by atoms with Gasteiger partial charge in [0.1, 0.15) is 5.75 Å². The summed E-state index contributed by atoms with van der Waals surface area (Å²) < 4.78 is 5.20. The molecule has 0 aromatic heterocycles. The van der Waals surface area contributed by atoms with Gasteiger partial charge < -0.3 is 14.5 Å². The van der Waals surface area contributed by atoms with Gasteiger partial charge in [-0.05, 0) is 69.3 Å². The zero-order valence-electron chi connectivity index (χ0n) is 15.6. The van der Waals surface area contributed by atoms with Crippen molar-refractivity contribution in [3.63, 3.8) is 0 Å². The Morgan fingerprint density at radius 3 is 2.48 bits per heavy atom. The number of hydrogen-bond donors (Lipinski definition) is 0. The number of amides is 1. The quantitative estimate of drug-likeness (QED) is 0.792. The average Bonchev–Trinajstić information content (AvgIpc) is 2.68. The van der Waals surface area contributed by atoms with Gasteiger partial charge in [-0.25, -0.2) is 0 Å².